The summed E-state index contributed by atoms with van der Waals surface area (Å²) in [6, 6.07) is 8.07. The Kier molecular flexibility index (Phi) is 5.94. The monoisotopic (exact) mass is 305 g/mol. The molecule has 0 atom stereocenters. The predicted octanol–water partition coefficient (Wildman–Crippen LogP) is 1.85. The third-order valence-corrected chi connectivity index (χ3v) is 3.53. The van der Waals surface area contributed by atoms with Gasteiger partial charge < -0.3 is 15.4 Å². The van der Waals surface area contributed by atoms with Crippen molar-refractivity contribution in [2.45, 2.75) is 32.9 Å². The Morgan fingerprint density at radius 2 is 1.82 bits per heavy atom. The van der Waals surface area contributed by atoms with Crippen LogP contribution in [0.4, 0.5) is 5.69 Å². The van der Waals surface area contributed by atoms with Gasteiger partial charge in [0.2, 0.25) is 5.91 Å². The van der Waals surface area contributed by atoms with Gasteiger partial charge in [0.25, 0.3) is 0 Å². The molecule has 0 spiro atoms. The van der Waals surface area contributed by atoms with Crippen LogP contribution in [0, 0.1) is 0 Å². The molecule has 0 unspecified atom stereocenters. The van der Waals surface area contributed by atoms with Crippen LogP contribution in [0.25, 0.3) is 0 Å². The van der Waals surface area contributed by atoms with Gasteiger partial charge >= 0.3 is 0 Å². The first-order valence-corrected chi connectivity index (χ1v) is 7.86. The fourth-order valence-electron chi connectivity index (χ4n) is 2.26. The summed E-state index contributed by atoms with van der Waals surface area (Å²) in [4.78, 5) is 14.2. The van der Waals surface area contributed by atoms with E-state index in [2.05, 4.69) is 27.7 Å². The number of hydrogen-bond donors (Lipinski definition) is 2. The van der Waals surface area contributed by atoms with Crippen LogP contribution in [0.15, 0.2) is 24.3 Å². The zero-order valence-electron chi connectivity index (χ0n) is 13.8. The van der Waals surface area contributed by atoms with Crippen molar-refractivity contribution in [3.05, 3.63) is 29.8 Å². The van der Waals surface area contributed by atoms with E-state index in [9.17, 15) is 4.79 Å². The normalized spacial score (nSPS) is 16.5. The van der Waals surface area contributed by atoms with Crippen LogP contribution in [0.5, 0.6) is 0 Å². The van der Waals surface area contributed by atoms with Crippen molar-refractivity contribution in [1.82, 2.24) is 10.2 Å². The van der Waals surface area contributed by atoms with E-state index in [1.807, 2.05) is 32.9 Å². The van der Waals surface area contributed by atoms with Gasteiger partial charge in [-0.1, -0.05) is 12.1 Å². The van der Waals surface area contributed by atoms with Gasteiger partial charge in [0, 0.05) is 30.9 Å². The molecule has 1 aromatic rings. The molecule has 0 bridgehead atoms. The van der Waals surface area contributed by atoms with Crippen LogP contribution >= 0.6 is 0 Å². The number of carbonyl (C=O) groups is 1. The van der Waals surface area contributed by atoms with Gasteiger partial charge in [-0.05, 0) is 38.5 Å². The third kappa shape index (κ3) is 6.13. The molecule has 1 aliphatic rings. The molecule has 5 nitrogen and oxygen atoms in total. The Labute approximate surface area is 133 Å². The topological polar surface area (TPSA) is 53.6 Å². The Balaban J connectivity index is 1.79. The molecule has 1 heterocycles. The van der Waals surface area contributed by atoms with Crippen molar-refractivity contribution < 1.29 is 9.53 Å². The van der Waals surface area contributed by atoms with E-state index in [0.29, 0.717) is 6.54 Å². The predicted molar refractivity (Wildman–Crippen MR) is 88.9 cm³/mol. The number of morpholine rings is 1. The molecule has 1 aromatic carbocycles. The maximum Gasteiger partial charge on any atom is 0.238 e. The Bertz CT molecular complexity index is 474. The maximum atomic E-state index is 11.9. The molecule has 0 saturated carbocycles. The second-order valence-corrected chi connectivity index (χ2v) is 6.74. The van der Waals surface area contributed by atoms with Crippen LogP contribution in [0.2, 0.25) is 0 Å². The van der Waals surface area contributed by atoms with Gasteiger partial charge in [0.1, 0.15) is 0 Å². The molecular weight excluding hydrogens is 278 g/mol. The van der Waals surface area contributed by atoms with Gasteiger partial charge in [0.15, 0.2) is 0 Å². The highest BCUT2D eigenvalue weighted by Crippen LogP contribution is 2.12. The highest BCUT2D eigenvalue weighted by atomic mass is 16.5. The molecule has 5 heteroatoms. The molecule has 1 aliphatic heterocycles. The van der Waals surface area contributed by atoms with E-state index in [-0.39, 0.29) is 11.4 Å². The Morgan fingerprint density at radius 3 is 2.41 bits per heavy atom. The minimum absolute atomic E-state index is 0.0177. The molecule has 0 radical (unpaired) electrons. The van der Waals surface area contributed by atoms with E-state index in [0.717, 1.165) is 38.5 Å². The van der Waals surface area contributed by atoms with Crippen LogP contribution < -0.4 is 10.6 Å². The summed E-state index contributed by atoms with van der Waals surface area (Å²) in [6.45, 7) is 11.0. The van der Waals surface area contributed by atoms with Crippen LogP contribution in [0.3, 0.4) is 0 Å². The Hall–Kier alpha value is -1.43. The number of carbonyl (C=O) groups excluding carboxylic acids is 1. The molecule has 2 rings (SSSR count). The van der Waals surface area contributed by atoms with Crippen molar-refractivity contribution in [1.29, 1.82) is 0 Å². The molecule has 2 N–H and O–H groups in total. The quantitative estimate of drug-likeness (QED) is 0.872. The standard InChI is InChI=1S/C17H27N3O2/c1-17(2,3)18-12-16(21)19-15-6-4-14(5-7-15)13-20-8-10-22-11-9-20/h4-7,18H,8-13H2,1-3H3,(H,19,21). The van der Waals surface area contributed by atoms with E-state index < -0.39 is 0 Å². The number of hydrogen-bond acceptors (Lipinski definition) is 4. The second kappa shape index (κ2) is 7.72. The van der Waals surface area contributed by atoms with Crippen LogP contribution in [0.1, 0.15) is 26.3 Å². The molecule has 1 saturated heterocycles. The van der Waals surface area contributed by atoms with Crippen molar-refractivity contribution in [2.75, 3.05) is 38.2 Å². The second-order valence-electron chi connectivity index (χ2n) is 6.74. The van der Waals surface area contributed by atoms with E-state index in [1.54, 1.807) is 0 Å². The van der Waals surface area contributed by atoms with E-state index >= 15 is 0 Å². The van der Waals surface area contributed by atoms with Gasteiger partial charge in [-0.15, -0.1) is 0 Å². The molecule has 1 fully saturated rings. The third-order valence-electron chi connectivity index (χ3n) is 3.53. The molecule has 122 valence electrons. The summed E-state index contributed by atoms with van der Waals surface area (Å²) in [7, 11) is 0. The lowest BCUT2D eigenvalue weighted by Gasteiger charge is -2.26. The molecule has 22 heavy (non-hydrogen) atoms. The first-order valence-electron chi connectivity index (χ1n) is 7.86. The summed E-state index contributed by atoms with van der Waals surface area (Å²) >= 11 is 0. The van der Waals surface area contributed by atoms with Gasteiger partial charge in [-0.25, -0.2) is 0 Å². The largest absolute Gasteiger partial charge is 0.379 e. The van der Waals surface area contributed by atoms with Crippen molar-refractivity contribution in [2.24, 2.45) is 0 Å². The SMILES string of the molecule is CC(C)(C)NCC(=O)Nc1ccc(CN2CCOCC2)cc1. The first kappa shape index (κ1) is 16.9. The summed E-state index contributed by atoms with van der Waals surface area (Å²) in [6.07, 6.45) is 0. The van der Waals surface area contributed by atoms with Gasteiger partial charge in [0.05, 0.1) is 19.8 Å². The summed E-state index contributed by atoms with van der Waals surface area (Å²) in [5.41, 5.74) is 2.04. The minimum Gasteiger partial charge on any atom is -0.379 e. The van der Waals surface area contributed by atoms with Crippen molar-refractivity contribution in [3.8, 4) is 0 Å². The number of ether oxygens (including phenoxy) is 1. The number of anilines is 1. The molecule has 0 aliphatic carbocycles. The number of rotatable bonds is 5. The smallest absolute Gasteiger partial charge is 0.238 e. The average molecular weight is 305 g/mol. The number of benzene rings is 1. The van der Waals surface area contributed by atoms with Crippen molar-refractivity contribution in [3.63, 3.8) is 0 Å². The first-order chi connectivity index (χ1) is 10.4. The fourth-order valence-corrected chi connectivity index (χ4v) is 2.26. The lowest BCUT2D eigenvalue weighted by Crippen LogP contribution is -2.41. The average Bonchev–Trinajstić information content (AvgIpc) is 2.48. The van der Waals surface area contributed by atoms with Crippen LogP contribution in [-0.4, -0.2) is 49.2 Å². The van der Waals surface area contributed by atoms with Gasteiger partial charge in [-0.3, -0.25) is 9.69 Å². The fraction of sp³-hybridized carbons (Fsp3) is 0.588. The lowest BCUT2D eigenvalue weighted by atomic mass is 10.1. The number of nitrogens with zero attached hydrogens (tertiary/aromatic N) is 1. The van der Waals surface area contributed by atoms with E-state index in [4.69, 9.17) is 4.74 Å². The van der Waals surface area contributed by atoms with Crippen LogP contribution in [-0.2, 0) is 16.1 Å². The Morgan fingerprint density at radius 1 is 1.18 bits per heavy atom. The summed E-state index contributed by atoms with van der Waals surface area (Å²) in [5.74, 6) is -0.0177. The number of amides is 1. The zero-order valence-corrected chi connectivity index (χ0v) is 13.8. The van der Waals surface area contributed by atoms with Crippen molar-refractivity contribution >= 4 is 11.6 Å². The van der Waals surface area contributed by atoms with E-state index in [1.165, 1.54) is 5.56 Å². The van der Waals surface area contributed by atoms with Gasteiger partial charge in [-0.2, -0.15) is 0 Å². The zero-order chi connectivity index (χ0) is 16.0. The lowest BCUT2D eigenvalue weighted by molar-refractivity contribution is -0.115. The minimum atomic E-state index is -0.0562. The maximum absolute atomic E-state index is 11.9. The molecular formula is C17H27N3O2. The number of nitrogens with one attached hydrogen (secondary N) is 2. The molecule has 0 aromatic heterocycles. The summed E-state index contributed by atoms with van der Waals surface area (Å²) in [5, 5.41) is 6.09. The summed E-state index contributed by atoms with van der Waals surface area (Å²) < 4.78 is 5.35. The molecule has 1 amide bonds. The highest BCUT2D eigenvalue weighted by Gasteiger charge is 2.12. The highest BCUT2D eigenvalue weighted by molar-refractivity contribution is 5.92.